The number of thioether (sulfide) groups is 1. The lowest BCUT2D eigenvalue weighted by Crippen LogP contribution is -2.33. The third-order valence-corrected chi connectivity index (χ3v) is 3.00. The lowest BCUT2D eigenvalue weighted by molar-refractivity contribution is 0.982. The number of rotatable bonds is 3. The molecule has 0 amide bonds. The summed E-state index contributed by atoms with van der Waals surface area (Å²) >= 11 is 1.61. The van der Waals surface area contributed by atoms with Gasteiger partial charge < -0.3 is 4.98 Å². The van der Waals surface area contributed by atoms with Crippen molar-refractivity contribution in [3.63, 3.8) is 0 Å². The molecule has 0 aromatic carbocycles. The Morgan fingerprint density at radius 1 is 1.53 bits per heavy atom. The van der Waals surface area contributed by atoms with Gasteiger partial charge in [-0.2, -0.15) is 0 Å². The van der Waals surface area contributed by atoms with E-state index in [1.807, 2.05) is 19.3 Å². The Labute approximate surface area is 105 Å². The Morgan fingerprint density at radius 2 is 2.29 bits per heavy atom. The SMILES string of the molecule is CCC/C=c1\[nH]c(=O)cc\c1=C\N=C(C)SC. The van der Waals surface area contributed by atoms with Crippen LogP contribution in [0.2, 0.25) is 0 Å². The molecule has 17 heavy (non-hydrogen) atoms. The maximum Gasteiger partial charge on any atom is 0.248 e. The quantitative estimate of drug-likeness (QED) is 0.652. The van der Waals surface area contributed by atoms with Gasteiger partial charge in [0.05, 0.1) is 5.04 Å². The maximum absolute atomic E-state index is 11.3. The number of aromatic amines is 1. The molecule has 92 valence electrons. The average Bonchev–Trinajstić information content (AvgIpc) is 2.34. The zero-order chi connectivity index (χ0) is 12.7. The molecule has 0 aliphatic heterocycles. The summed E-state index contributed by atoms with van der Waals surface area (Å²) in [5.41, 5.74) is -0.0740. The minimum atomic E-state index is -0.0740. The third-order valence-electron chi connectivity index (χ3n) is 2.30. The zero-order valence-corrected chi connectivity index (χ0v) is 11.3. The van der Waals surface area contributed by atoms with Crippen LogP contribution < -0.4 is 16.1 Å². The van der Waals surface area contributed by atoms with Gasteiger partial charge in [0.15, 0.2) is 0 Å². The molecular weight excluding hydrogens is 232 g/mol. The Kier molecular flexibility index (Phi) is 5.77. The van der Waals surface area contributed by atoms with Crippen molar-refractivity contribution in [3.05, 3.63) is 33.1 Å². The van der Waals surface area contributed by atoms with Crippen molar-refractivity contribution in [1.29, 1.82) is 0 Å². The van der Waals surface area contributed by atoms with E-state index >= 15 is 0 Å². The van der Waals surface area contributed by atoms with Crippen molar-refractivity contribution in [2.45, 2.75) is 26.7 Å². The van der Waals surface area contributed by atoms with E-state index in [1.165, 1.54) is 6.07 Å². The van der Waals surface area contributed by atoms with Crippen LogP contribution in [0.15, 0.2) is 21.9 Å². The summed E-state index contributed by atoms with van der Waals surface area (Å²) < 4.78 is 0. The average molecular weight is 250 g/mol. The first kappa shape index (κ1) is 13.8. The zero-order valence-electron chi connectivity index (χ0n) is 10.5. The molecule has 0 atom stereocenters. The van der Waals surface area contributed by atoms with E-state index in [0.717, 1.165) is 28.5 Å². The van der Waals surface area contributed by atoms with Crippen molar-refractivity contribution >= 4 is 29.1 Å². The largest absolute Gasteiger partial charge is 0.322 e. The first-order valence-electron chi connectivity index (χ1n) is 5.65. The Hall–Kier alpha value is -1.29. The van der Waals surface area contributed by atoms with Crippen LogP contribution in [0.1, 0.15) is 26.7 Å². The molecule has 0 unspecified atom stereocenters. The van der Waals surface area contributed by atoms with E-state index in [4.69, 9.17) is 0 Å². The molecule has 0 radical (unpaired) electrons. The number of aromatic nitrogens is 1. The second-order valence-corrected chi connectivity index (χ2v) is 4.66. The first-order valence-corrected chi connectivity index (χ1v) is 6.88. The number of pyridine rings is 1. The van der Waals surface area contributed by atoms with Crippen LogP contribution >= 0.6 is 11.8 Å². The summed E-state index contributed by atoms with van der Waals surface area (Å²) in [6, 6.07) is 3.33. The monoisotopic (exact) mass is 250 g/mol. The number of aliphatic imine (C=N–C) groups is 1. The minimum absolute atomic E-state index is 0.0740. The summed E-state index contributed by atoms with van der Waals surface area (Å²) in [6.07, 6.45) is 7.83. The number of hydrogen-bond acceptors (Lipinski definition) is 3. The molecule has 3 nitrogen and oxygen atoms in total. The normalized spacial score (nSPS) is 14.4. The van der Waals surface area contributed by atoms with Gasteiger partial charge in [0, 0.05) is 22.8 Å². The van der Waals surface area contributed by atoms with Crippen LogP contribution in [-0.2, 0) is 0 Å². The van der Waals surface area contributed by atoms with Gasteiger partial charge in [0.25, 0.3) is 0 Å². The Morgan fingerprint density at radius 3 is 2.94 bits per heavy atom. The van der Waals surface area contributed by atoms with Gasteiger partial charge in [-0.1, -0.05) is 19.4 Å². The molecular formula is C13H18N2OS. The topological polar surface area (TPSA) is 45.2 Å². The summed E-state index contributed by atoms with van der Waals surface area (Å²) in [6.45, 7) is 4.07. The molecule has 0 bridgehead atoms. The fourth-order valence-corrected chi connectivity index (χ4v) is 1.44. The second kappa shape index (κ2) is 7.12. The van der Waals surface area contributed by atoms with Crippen LogP contribution in [0.25, 0.3) is 12.3 Å². The van der Waals surface area contributed by atoms with E-state index in [1.54, 1.807) is 24.0 Å². The Bertz CT molecular complexity index is 558. The number of hydrogen-bond donors (Lipinski definition) is 1. The molecule has 1 N–H and O–H groups in total. The fraction of sp³-hybridized carbons (Fsp3) is 0.385. The molecule has 1 rings (SSSR count). The summed E-state index contributed by atoms with van der Waals surface area (Å²) in [5.74, 6) is 0. The number of H-pyrrole nitrogens is 1. The molecule has 0 saturated heterocycles. The molecule has 1 aromatic rings. The van der Waals surface area contributed by atoms with Gasteiger partial charge in [0.2, 0.25) is 5.56 Å². The molecule has 0 aliphatic rings. The van der Waals surface area contributed by atoms with Crippen molar-refractivity contribution in [2.24, 2.45) is 4.99 Å². The highest BCUT2D eigenvalue weighted by Gasteiger charge is 1.88. The van der Waals surface area contributed by atoms with E-state index in [2.05, 4.69) is 16.9 Å². The summed E-state index contributed by atoms with van der Waals surface area (Å²) in [5, 5.41) is 2.81. The van der Waals surface area contributed by atoms with E-state index in [9.17, 15) is 4.79 Å². The molecule has 4 heteroatoms. The Balaban J connectivity index is 3.29. The van der Waals surface area contributed by atoms with Crippen LogP contribution in [0, 0.1) is 0 Å². The van der Waals surface area contributed by atoms with Gasteiger partial charge in [0.1, 0.15) is 0 Å². The molecule has 0 saturated carbocycles. The maximum atomic E-state index is 11.3. The van der Waals surface area contributed by atoms with Gasteiger partial charge in [-0.05, 0) is 25.7 Å². The van der Waals surface area contributed by atoms with Crippen LogP contribution in [0.4, 0.5) is 0 Å². The fourth-order valence-electron chi connectivity index (χ4n) is 1.29. The van der Waals surface area contributed by atoms with Crippen LogP contribution in [0.3, 0.4) is 0 Å². The van der Waals surface area contributed by atoms with Gasteiger partial charge in [-0.25, -0.2) is 0 Å². The third kappa shape index (κ3) is 4.61. The van der Waals surface area contributed by atoms with Crippen molar-refractivity contribution < 1.29 is 0 Å². The highest BCUT2D eigenvalue weighted by Crippen LogP contribution is 1.95. The first-order chi connectivity index (χ1) is 8.17. The lowest BCUT2D eigenvalue weighted by Gasteiger charge is -1.92. The van der Waals surface area contributed by atoms with Gasteiger partial charge in [-0.15, -0.1) is 11.8 Å². The van der Waals surface area contributed by atoms with E-state index in [-0.39, 0.29) is 5.56 Å². The van der Waals surface area contributed by atoms with Crippen molar-refractivity contribution in [2.75, 3.05) is 6.26 Å². The second-order valence-electron chi connectivity index (χ2n) is 3.67. The highest BCUT2D eigenvalue weighted by molar-refractivity contribution is 8.13. The van der Waals surface area contributed by atoms with E-state index < -0.39 is 0 Å². The van der Waals surface area contributed by atoms with Crippen LogP contribution in [-0.4, -0.2) is 16.3 Å². The summed E-state index contributed by atoms with van der Waals surface area (Å²) in [4.78, 5) is 18.4. The molecule has 0 aliphatic carbocycles. The highest BCUT2D eigenvalue weighted by atomic mass is 32.2. The predicted molar refractivity (Wildman–Crippen MR) is 76.8 cm³/mol. The van der Waals surface area contributed by atoms with Crippen molar-refractivity contribution in [1.82, 2.24) is 4.98 Å². The van der Waals surface area contributed by atoms with Gasteiger partial charge >= 0.3 is 0 Å². The smallest absolute Gasteiger partial charge is 0.248 e. The molecule has 1 aromatic heterocycles. The standard InChI is InChI=1S/C13H18N2OS/c1-4-5-6-12-11(7-8-13(16)15-12)9-14-10(2)17-3/h6-9H,4-5H2,1-3H3,(H,15,16)/b11-9-,12-6-,14-10?. The molecule has 0 spiro atoms. The lowest BCUT2D eigenvalue weighted by atomic mass is 10.2. The predicted octanol–water partition coefficient (Wildman–Crippen LogP) is 1.47. The number of unbranched alkanes of at least 4 members (excludes halogenated alkanes) is 1. The number of nitrogens with zero attached hydrogens (tertiary/aromatic N) is 1. The van der Waals surface area contributed by atoms with Crippen molar-refractivity contribution in [3.8, 4) is 0 Å². The van der Waals surface area contributed by atoms with Crippen LogP contribution in [0.5, 0.6) is 0 Å². The number of nitrogens with one attached hydrogen (secondary N) is 1. The molecule has 1 heterocycles. The molecule has 0 fully saturated rings. The van der Waals surface area contributed by atoms with E-state index in [0.29, 0.717) is 0 Å². The minimum Gasteiger partial charge on any atom is -0.322 e. The van der Waals surface area contributed by atoms with Gasteiger partial charge in [-0.3, -0.25) is 9.79 Å². The summed E-state index contributed by atoms with van der Waals surface area (Å²) in [7, 11) is 0.